The lowest BCUT2D eigenvalue weighted by atomic mass is 10.0. The molecule has 3 aromatic carbocycles. The number of carbonyl (C=O) groups excluding carboxylic acids is 2. The van der Waals surface area contributed by atoms with Crippen LogP contribution in [-0.4, -0.2) is 54.4 Å². The third kappa shape index (κ3) is 7.72. The first-order valence-corrected chi connectivity index (χ1v) is 14.7. The fourth-order valence-electron chi connectivity index (χ4n) is 5.58. The molecule has 0 spiro atoms. The zero-order valence-corrected chi connectivity index (χ0v) is 23.6. The molecule has 1 fully saturated rings. The predicted octanol–water partition coefficient (Wildman–Crippen LogP) is 5.83. The zero-order valence-electron chi connectivity index (χ0n) is 23.6. The molecule has 5 rings (SSSR count). The van der Waals surface area contributed by atoms with Gasteiger partial charge in [0, 0.05) is 45.7 Å². The molecule has 210 valence electrons. The number of carbonyl (C=O) groups is 2. The third-order valence-corrected chi connectivity index (χ3v) is 7.88. The molecule has 2 aliphatic rings. The molecule has 1 aliphatic heterocycles. The van der Waals surface area contributed by atoms with Crippen LogP contribution in [-0.2, 0) is 22.7 Å². The standard InChI is InChI=1S/C34H41N3O3/c1-27-11-8-14-30-25-36(32(38)23-28-17-18-28)21-9-19-35(24-29-12-4-2-5-13-29)20-10-22-37(34(27)30)33(39)26-40-31-15-6-3-7-16-31/h2-8,11-16,28H,9-10,17-26H2,1H3. The van der Waals surface area contributed by atoms with Gasteiger partial charge in [-0.3, -0.25) is 14.5 Å². The van der Waals surface area contributed by atoms with E-state index in [2.05, 4.69) is 48.2 Å². The van der Waals surface area contributed by atoms with E-state index >= 15 is 0 Å². The lowest BCUT2D eigenvalue weighted by Gasteiger charge is -2.32. The molecule has 6 heteroatoms. The highest BCUT2D eigenvalue weighted by Gasteiger charge is 2.29. The molecule has 0 saturated heterocycles. The molecule has 1 saturated carbocycles. The number of amides is 2. The van der Waals surface area contributed by atoms with Gasteiger partial charge in [0.1, 0.15) is 5.75 Å². The number of nitrogens with zero attached hydrogens (tertiary/aromatic N) is 3. The summed E-state index contributed by atoms with van der Waals surface area (Å²) in [6.07, 6.45) is 4.72. The van der Waals surface area contributed by atoms with Gasteiger partial charge in [-0.25, -0.2) is 0 Å². The summed E-state index contributed by atoms with van der Waals surface area (Å²) in [5, 5.41) is 0. The van der Waals surface area contributed by atoms with Crippen LogP contribution in [0.4, 0.5) is 5.69 Å². The molecule has 0 radical (unpaired) electrons. The van der Waals surface area contributed by atoms with E-state index in [0.717, 1.165) is 68.7 Å². The number of hydrogen-bond donors (Lipinski definition) is 0. The van der Waals surface area contributed by atoms with Crippen LogP contribution in [0.5, 0.6) is 5.75 Å². The Morgan fingerprint density at radius 1 is 0.800 bits per heavy atom. The van der Waals surface area contributed by atoms with Crippen molar-refractivity contribution in [3.63, 3.8) is 0 Å². The Kier molecular flexibility index (Phi) is 9.50. The van der Waals surface area contributed by atoms with E-state index < -0.39 is 0 Å². The van der Waals surface area contributed by atoms with E-state index in [1.165, 1.54) is 5.56 Å². The molecule has 0 atom stereocenters. The molecule has 0 aromatic heterocycles. The Bertz CT molecular complexity index is 1260. The average Bonchev–Trinajstić information content (AvgIpc) is 3.78. The van der Waals surface area contributed by atoms with Crippen molar-refractivity contribution in [2.75, 3.05) is 37.7 Å². The van der Waals surface area contributed by atoms with Gasteiger partial charge in [0.2, 0.25) is 5.91 Å². The fraction of sp³-hybridized carbons (Fsp3) is 0.412. The highest BCUT2D eigenvalue weighted by molar-refractivity contribution is 5.96. The molecule has 0 N–H and O–H groups in total. The van der Waals surface area contributed by atoms with Crippen molar-refractivity contribution < 1.29 is 14.3 Å². The van der Waals surface area contributed by atoms with Crippen LogP contribution >= 0.6 is 0 Å². The van der Waals surface area contributed by atoms with Gasteiger partial charge in [0.15, 0.2) is 6.61 Å². The van der Waals surface area contributed by atoms with Crippen LogP contribution in [0.25, 0.3) is 0 Å². The van der Waals surface area contributed by atoms with E-state index in [1.807, 2.05) is 52.3 Å². The Labute approximate surface area is 238 Å². The van der Waals surface area contributed by atoms with Crippen LogP contribution in [0.15, 0.2) is 78.9 Å². The Morgan fingerprint density at radius 3 is 2.23 bits per heavy atom. The van der Waals surface area contributed by atoms with Gasteiger partial charge in [0.25, 0.3) is 5.91 Å². The first kappa shape index (κ1) is 27.9. The molecule has 1 heterocycles. The second-order valence-electron chi connectivity index (χ2n) is 11.2. The number of benzene rings is 3. The summed E-state index contributed by atoms with van der Waals surface area (Å²) in [7, 11) is 0. The monoisotopic (exact) mass is 539 g/mol. The Morgan fingerprint density at radius 2 is 1.50 bits per heavy atom. The molecule has 0 bridgehead atoms. The van der Waals surface area contributed by atoms with Gasteiger partial charge in [0.05, 0.1) is 5.69 Å². The number of rotatable bonds is 7. The van der Waals surface area contributed by atoms with Gasteiger partial charge >= 0.3 is 0 Å². The van der Waals surface area contributed by atoms with Gasteiger partial charge in [-0.15, -0.1) is 0 Å². The van der Waals surface area contributed by atoms with Crippen LogP contribution in [0.3, 0.4) is 0 Å². The second kappa shape index (κ2) is 13.6. The SMILES string of the molecule is Cc1cccc2c1N(C(=O)COc1ccccc1)CCCN(Cc1ccccc1)CCCN(C(=O)CC1CC1)C2. The minimum absolute atomic E-state index is 0.0319. The summed E-state index contributed by atoms with van der Waals surface area (Å²) in [6.45, 7) is 6.49. The third-order valence-electron chi connectivity index (χ3n) is 7.88. The molecular formula is C34H41N3O3. The predicted molar refractivity (Wildman–Crippen MR) is 159 cm³/mol. The number of hydrogen-bond acceptors (Lipinski definition) is 4. The maximum atomic E-state index is 13.8. The number of aryl methyl sites for hydroxylation is 1. The maximum Gasteiger partial charge on any atom is 0.264 e. The molecule has 6 nitrogen and oxygen atoms in total. The lowest BCUT2D eigenvalue weighted by Crippen LogP contribution is -2.40. The number of para-hydroxylation sites is 2. The van der Waals surface area contributed by atoms with Crippen molar-refractivity contribution in [1.82, 2.24) is 9.80 Å². The van der Waals surface area contributed by atoms with E-state index in [-0.39, 0.29) is 18.4 Å². The molecule has 1 aliphatic carbocycles. The van der Waals surface area contributed by atoms with Crippen molar-refractivity contribution >= 4 is 17.5 Å². The van der Waals surface area contributed by atoms with Crippen LogP contribution < -0.4 is 9.64 Å². The van der Waals surface area contributed by atoms with Crippen molar-refractivity contribution in [2.24, 2.45) is 5.92 Å². The lowest BCUT2D eigenvalue weighted by molar-refractivity contribution is -0.132. The van der Waals surface area contributed by atoms with Crippen molar-refractivity contribution in [3.05, 3.63) is 95.6 Å². The van der Waals surface area contributed by atoms with Gasteiger partial charge in [-0.1, -0.05) is 66.7 Å². The highest BCUT2D eigenvalue weighted by atomic mass is 16.5. The highest BCUT2D eigenvalue weighted by Crippen LogP contribution is 2.34. The van der Waals surface area contributed by atoms with Gasteiger partial charge in [-0.05, 0) is 67.3 Å². The fourth-order valence-corrected chi connectivity index (χ4v) is 5.58. The summed E-state index contributed by atoms with van der Waals surface area (Å²) in [6, 6.07) is 26.2. The minimum atomic E-state index is -0.0677. The first-order valence-electron chi connectivity index (χ1n) is 14.7. The molecule has 2 amide bonds. The summed E-state index contributed by atoms with van der Waals surface area (Å²) >= 11 is 0. The normalized spacial score (nSPS) is 16.9. The smallest absolute Gasteiger partial charge is 0.264 e. The van der Waals surface area contributed by atoms with Crippen LogP contribution in [0, 0.1) is 12.8 Å². The van der Waals surface area contributed by atoms with Crippen molar-refractivity contribution in [3.8, 4) is 5.75 Å². The topological polar surface area (TPSA) is 53.1 Å². The van der Waals surface area contributed by atoms with E-state index in [4.69, 9.17) is 4.74 Å². The van der Waals surface area contributed by atoms with E-state index in [1.54, 1.807) is 0 Å². The van der Waals surface area contributed by atoms with Gasteiger partial charge in [-0.2, -0.15) is 0 Å². The Balaban J connectivity index is 1.41. The van der Waals surface area contributed by atoms with Crippen molar-refractivity contribution in [2.45, 2.75) is 52.1 Å². The zero-order chi connectivity index (χ0) is 27.7. The summed E-state index contributed by atoms with van der Waals surface area (Å²) in [5.74, 6) is 1.38. The van der Waals surface area contributed by atoms with Gasteiger partial charge < -0.3 is 14.5 Å². The van der Waals surface area contributed by atoms with E-state index in [9.17, 15) is 9.59 Å². The molecule has 0 unspecified atom stereocenters. The summed E-state index contributed by atoms with van der Waals surface area (Å²) < 4.78 is 5.89. The second-order valence-corrected chi connectivity index (χ2v) is 11.2. The van der Waals surface area contributed by atoms with E-state index in [0.29, 0.717) is 31.2 Å². The quantitative estimate of drug-likeness (QED) is 0.379. The van der Waals surface area contributed by atoms with Crippen LogP contribution in [0.2, 0.25) is 0 Å². The van der Waals surface area contributed by atoms with Crippen LogP contribution in [0.1, 0.15) is 48.8 Å². The maximum absolute atomic E-state index is 13.8. The molecular weight excluding hydrogens is 498 g/mol. The number of ether oxygens (including phenoxy) is 1. The summed E-state index contributed by atoms with van der Waals surface area (Å²) in [5.41, 5.74) is 4.27. The Hall–Kier alpha value is -3.64. The number of fused-ring (bicyclic) bond motifs is 1. The molecule has 40 heavy (non-hydrogen) atoms. The first-order chi connectivity index (χ1) is 19.6. The number of anilines is 1. The van der Waals surface area contributed by atoms with Crippen molar-refractivity contribution in [1.29, 1.82) is 0 Å². The summed E-state index contributed by atoms with van der Waals surface area (Å²) in [4.78, 5) is 33.6. The molecule has 3 aromatic rings. The average molecular weight is 540 g/mol. The minimum Gasteiger partial charge on any atom is -0.484 e. The largest absolute Gasteiger partial charge is 0.484 e.